The maximum atomic E-state index is 12.9. The van der Waals surface area contributed by atoms with Crippen LogP contribution in [0.25, 0.3) is 0 Å². The van der Waals surface area contributed by atoms with Gasteiger partial charge in [0, 0.05) is 40.3 Å². The maximum Gasteiger partial charge on any atom is 0.254 e. The van der Waals surface area contributed by atoms with E-state index in [9.17, 15) is 14.1 Å². The fraction of sp³-hybridized carbons (Fsp3) is 0.611. The molecular weight excluding hydrogens is 310 g/mol. The summed E-state index contributed by atoms with van der Waals surface area (Å²) in [6.45, 7) is 8.37. The average Bonchev–Trinajstić information content (AvgIpc) is 2.66. The van der Waals surface area contributed by atoms with Crippen LogP contribution in [0.2, 0.25) is 0 Å². The Labute approximate surface area is 141 Å². The first-order chi connectivity index (χ1) is 10.7. The molecule has 23 heavy (non-hydrogen) atoms. The van der Waals surface area contributed by atoms with Crippen LogP contribution in [0, 0.1) is 0 Å². The van der Waals surface area contributed by atoms with Gasteiger partial charge in [-0.15, -0.1) is 0 Å². The predicted octanol–water partition coefficient (Wildman–Crippen LogP) is 2.30. The van der Waals surface area contributed by atoms with E-state index in [4.69, 9.17) is 0 Å². The molecule has 128 valence electrons. The van der Waals surface area contributed by atoms with Gasteiger partial charge in [0.15, 0.2) is 0 Å². The van der Waals surface area contributed by atoms with E-state index in [0.717, 1.165) is 5.56 Å². The second kappa shape index (κ2) is 6.73. The molecule has 0 aliphatic carbocycles. The van der Waals surface area contributed by atoms with Crippen LogP contribution in [0.4, 0.5) is 0 Å². The molecule has 1 aromatic rings. The van der Waals surface area contributed by atoms with Crippen LogP contribution >= 0.6 is 0 Å². The van der Waals surface area contributed by atoms with E-state index < -0.39 is 16.4 Å². The van der Waals surface area contributed by atoms with E-state index in [1.54, 1.807) is 11.8 Å². The Morgan fingerprint density at radius 1 is 1.30 bits per heavy atom. The SMILES string of the molecule is CC(c1ccccc1)C(C)(O)C(=O)N1CCS(=O)C(C)(C)CC1. The molecule has 0 radical (unpaired) electrons. The van der Waals surface area contributed by atoms with E-state index in [1.165, 1.54) is 0 Å². The van der Waals surface area contributed by atoms with Gasteiger partial charge in [-0.25, -0.2) is 0 Å². The topological polar surface area (TPSA) is 57.6 Å². The standard InChI is InChI=1S/C18H27NO3S/c1-14(15-8-6-5-7-9-15)18(4,21)16(20)19-11-10-17(2,3)23(22)13-12-19/h5-9,14,21H,10-13H2,1-4H3. The Hall–Kier alpha value is -1.20. The first-order valence-corrected chi connectivity index (χ1v) is 9.43. The fourth-order valence-corrected chi connectivity index (χ4v) is 4.13. The normalized spacial score (nSPS) is 25.3. The third kappa shape index (κ3) is 3.83. The largest absolute Gasteiger partial charge is 0.380 e. The second-order valence-corrected chi connectivity index (χ2v) is 9.34. The lowest BCUT2D eigenvalue weighted by Crippen LogP contribution is -2.51. The summed E-state index contributed by atoms with van der Waals surface area (Å²) in [5.41, 5.74) is -0.540. The van der Waals surface area contributed by atoms with E-state index in [0.29, 0.717) is 25.3 Å². The monoisotopic (exact) mass is 337 g/mol. The van der Waals surface area contributed by atoms with Gasteiger partial charge in [0.25, 0.3) is 5.91 Å². The zero-order valence-electron chi connectivity index (χ0n) is 14.4. The molecule has 4 nitrogen and oxygen atoms in total. The lowest BCUT2D eigenvalue weighted by molar-refractivity contribution is -0.151. The number of amides is 1. The van der Waals surface area contributed by atoms with E-state index in [-0.39, 0.29) is 16.6 Å². The zero-order chi connectivity index (χ0) is 17.3. The molecule has 0 saturated carbocycles. The van der Waals surface area contributed by atoms with Gasteiger partial charge in [0.1, 0.15) is 5.60 Å². The third-order valence-corrected chi connectivity index (χ3v) is 7.00. The van der Waals surface area contributed by atoms with Crippen molar-refractivity contribution in [2.45, 2.75) is 50.4 Å². The van der Waals surface area contributed by atoms with Crippen molar-refractivity contribution >= 4 is 16.7 Å². The summed E-state index contributed by atoms with van der Waals surface area (Å²) in [7, 11) is -0.954. The molecule has 1 fully saturated rings. The summed E-state index contributed by atoms with van der Waals surface area (Å²) >= 11 is 0. The molecule has 0 aromatic heterocycles. The quantitative estimate of drug-likeness (QED) is 0.921. The fourth-order valence-electron chi connectivity index (χ4n) is 2.87. The number of nitrogens with zero attached hydrogens (tertiary/aromatic N) is 1. The van der Waals surface area contributed by atoms with Gasteiger partial charge >= 0.3 is 0 Å². The minimum absolute atomic E-state index is 0.274. The average molecular weight is 337 g/mol. The lowest BCUT2D eigenvalue weighted by atomic mass is 9.83. The van der Waals surface area contributed by atoms with Crippen LogP contribution in [0.5, 0.6) is 0 Å². The van der Waals surface area contributed by atoms with E-state index >= 15 is 0 Å². The molecule has 0 bridgehead atoms. The van der Waals surface area contributed by atoms with Crippen molar-refractivity contribution in [3.05, 3.63) is 35.9 Å². The molecule has 0 spiro atoms. The molecule has 1 aromatic carbocycles. The molecule has 1 saturated heterocycles. The van der Waals surface area contributed by atoms with Crippen LogP contribution in [-0.2, 0) is 15.6 Å². The summed E-state index contributed by atoms with van der Waals surface area (Å²) < 4.78 is 11.9. The van der Waals surface area contributed by atoms with Gasteiger partial charge in [-0.3, -0.25) is 9.00 Å². The van der Waals surface area contributed by atoms with Crippen LogP contribution in [-0.4, -0.2) is 49.3 Å². The number of benzene rings is 1. The van der Waals surface area contributed by atoms with Crippen LogP contribution in [0.1, 0.15) is 45.6 Å². The van der Waals surface area contributed by atoms with Gasteiger partial charge in [-0.05, 0) is 32.8 Å². The van der Waals surface area contributed by atoms with Crippen molar-refractivity contribution in [3.63, 3.8) is 0 Å². The minimum Gasteiger partial charge on any atom is -0.380 e. The first kappa shape index (κ1) is 18.1. The van der Waals surface area contributed by atoms with Crippen LogP contribution in [0.3, 0.4) is 0 Å². The minimum atomic E-state index is -1.47. The van der Waals surface area contributed by atoms with Crippen molar-refractivity contribution in [1.29, 1.82) is 0 Å². The summed E-state index contributed by atoms with van der Waals surface area (Å²) in [5.74, 6) is -0.115. The number of aliphatic hydroxyl groups is 1. The Bertz CT molecular complexity index is 583. The highest BCUT2D eigenvalue weighted by Crippen LogP contribution is 2.31. The highest BCUT2D eigenvalue weighted by molar-refractivity contribution is 7.86. The summed E-state index contributed by atoms with van der Waals surface area (Å²) in [4.78, 5) is 14.6. The molecule has 1 aliphatic rings. The molecule has 1 aliphatic heterocycles. The molecular formula is C18H27NO3S. The third-order valence-electron chi connectivity index (χ3n) is 5.01. The second-order valence-electron chi connectivity index (χ2n) is 7.13. The predicted molar refractivity (Wildman–Crippen MR) is 93.8 cm³/mol. The van der Waals surface area contributed by atoms with Crippen molar-refractivity contribution in [3.8, 4) is 0 Å². The van der Waals surface area contributed by atoms with Crippen LogP contribution < -0.4 is 0 Å². The van der Waals surface area contributed by atoms with Crippen LogP contribution in [0.15, 0.2) is 30.3 Å². The van der Waals surface area contributed by atoms with Gasteiger partial charge in [0.2, 0.25) is 0 Å². The zero-order valence-corrected chi connectivity index (χ0v) is 15.2. The summed E-state index contributed by atoms with van der Waals surface area (Å²) in [6, 6.07) is 9.58. The number of carbonyl (C=O) groups is 1. The summed E-state index contributed by atoms with van der Waals surface area (Å²) in [5, 5.41) is 10.9. The lowest BCUT2D eigenvalue weighted by Gasteiger charge is -2.34. The van der Waals surface area contributed by atoms with Gasteiger partial charge in [0.05, 0.1) is 0 Å². The van der Waals surface area contributed by atoms with Gasteiger partial charge in [-0.1, -0.05) is 37.3 Å². The van der Waals surface area contributed by atoms with Gasteiger partial charge < -0.3 is 10.0 Å². The molecule has 1 heterocycles. The Kier molecular flexibility index (Phi) is 5.31. The van der Waals surface area contributed by atoms with Gasteiger partial charge in [-0.2, -0.15) is 0 Å². The molecule has 3 atom stereocenters. The van der Waals surface area contributed by atoms with Crippen molar-refractivity contribution in [2.75, 3.05) is 18.8 Å². The van der Waals surface area contributed by atoms with Crippen molar-refractivity contribution < 1.29 is 14.1 Å². The first-order valence-electron chi connectivity index (χ1n) is 8.11. The number of rotatable bonds is 3. The molecule has 1 N–H and O–H groups in total. The van der Waals surface area contributed by atoms with E-state index in [1.807, 2.05) is 51.1 Å². The Balaban J connectivity index is 2.16. The Morgan fingerprint density at radius 3 is 2.52 bits per heavy atom. The summed E-state index contributed by atoms with van der Waals surface area (Å²) in [6.07, 6.45) is 0.682. The molecule has 2 rings (SSSR count). The van der Waals surface area contributed by atoms with E-state index in [2.05, 4.69) is 0 Å². The Morgan fingerprint density at radius 2 is 1.91 bits per heavy atom. The highest BCUT2D eigenvalue weighted by Gasteiger charge is 2.42. The smallest absolute Gasteiger partial charge is 0.254 e. The van der Waals surface area contributed by atoms with Crippen molar-refractivity contribution in [1.82, 2.24) is 4.90 Å². The van der Waals surface area contributed by atoms with Crippen molar-refractivity contribution in [2.24, 2.45) is 0 Å². The molecule has 1 amide bonds. The number of hydrogen-bond donors (Lipinski definition) is 1. The number of hydrogen-bond acceptors (Lipinski definition) is 3. The number of carbonyl (C=O) groups excluding carboxylic acids is 1. The highest BCUT2D eigenvalue weighted by atomic mass is 32.2. The maximum absolute atomic E-state index is 12.9. The molecule has 3 unspecified atom stereocenters. The molecule has 5 heteroatoms.